The summed E-state index contributed by atoms with van der Waals surface area (Å²) in [7, 11) is 0. The molecule has 2 aliphatic rings. The Labute approximate surface area is 170 Å². The molecule has 2 saturated heterocycles. The van der Waals surface area contributed by atoms with Crippen molar-refractivity contribution in [3.63, 3.8) is 0 Å². The van der Waals surface area contributed by atoms with E-state index in [9.17, 15) is 4.79 Å². The number of carbonyl (C=O) groups is 1. The molecule has 1 N–H and O–H groups in total. The van der Waals surface area contributed by atoms with Crippen LogP contribution in [0.25, 0.3) is 22.8 Å². The van der Waals surface area contributed by atoms with Crippen molar-refractivity contribution in [1.29, 1.82) is 0 Å². The van der Waals surface area contributed by atoms with Crippen LogP contribution in [0.4, 0.5) is 0 Å². The molecule has 28 heavy (non-hydrogen) atoms. The minimum absolute atomic E-state index is 0. The largest absolute Gasteiger partial charge is 0.436 e. The number of oxazole rings is 1. The second-order valence-corrected chi connectivity index (χ2v) is 7.33. The van der Waals surface area contributed by atoms with E-state index >= 15 is 0 Å². The highest BCUT2D eigenvalue weighted by Gasteiger charge is 2.38. The van der Waals surface area contributed by atoms with Gasteiger partial charge in [0.2, 0.25) is 5.89 Å². The molecule has 6 heteroatoms. The zero-order valence-electron chi connectivity index (χ0n) is 15.4. The van der Waals surface area contributed by atoms with Gasteiger partial charge in [-0.25, -0.2) is 4.98 Å². The Morgan fingerprint density at radius 2 is 1.68 bits per heavy atom. The van der Waals surface area contributed by atoms with Gasteiger partial charge in [-0.15, -0.1) is 12.4 Å². The van der Waals surface area contributed by atoms with Gasteiger partial charge >= 0.3 is 0 Å². The first-order chi connectivity index (χ1) is 13.3. The molecule has 3 heterocycles. The Kier molecular flexibility index (Phi) is 5.20. The lowest BCUT2D eigenvalue weighted by atomic mass is 10.0. The number of likely N-dealkylation sites (tertiary alicyclic amines) is 1. The van der Waals surface area contributed by atoms with Crippen molar-refractivity contribution in [2.75, 3.05) is 26.2 Å². The summed E-state index contributed by atoms with van der Waals surface area (Å²) in [6, 6.07) is 17.5. The van der Waals surface area contributed by atoms with Gasteiger partial charge < -0.3 is 14.6 Å². The van der Waals surface area contributed by atoms with E-state index in [2.05, 4.69) is 10.3 Å². The molecule has 2 fully saturated rings. The number of amides is 1. The van der Waals surface area contributed by atoms with Gasteiger partial charge in [-0.3, -0.25) is 4.79 Å². The number of hydrogen-bond donors (Lipinski definition) is 1. The third-order valence-electron chi connectivity index (χ3n) is 5.63. The van der Waals surface area contributed by atoms with Gasteiger partial charge in [-0.2, -0.15) is 0 Å². The molecule has 144 valence electrons. The van der Waals surface area contributed by atoms with Crippen molar-refractivity contribution in [3.05, 3.63) is 66.4 Å². The normalized spacial score (nSPS) is 20.6. The molecule has 2 aliphatic heterocycles. The zero-order chi connectivity index (χ0) is 18.2. The number of rotatable bonds is 3. The summed E-state index contributed by atoms with van der Waals surface area (Å²) in [6.07, 6.45) is 1.72. The first-order valence-electron chi connectivity index (χ1n) is 9.40. The molecule has 2 atom stereocenters. The number of benzene rings is 2. The molecular formula is C22H22ClN3O2. The van der Waals surface area contributed by atoms with Crippen LogP contribution in [0.5, 0.6) is 0 Å². The molecule has 1 amide bonds. The molecule has 0 unspecified atom stereocenters. The van der Waals surface area contributed by atoms with Crippen LogP contribution in [-0.4, -0.2) is 42.0 Å². The lowest BCUT2D eigenvalue weighted by Crippen LogP contribution is -2.32. The molecule has 0 spiro atoms. The van der Waals surface area contributed by atoms with E-state index in [1.807, 2.05) is 59.5 Å². The van der Waals surface area contributed by atoms with Gasteiger partial charge in [-0.05, 0) is 24.0 Å². The van der Waals surface area contributed by atoms with E-state index in [-0.39, 0.29) is 18.3 Å². The molecule has 0 aliphatic carbocycles. The minimum atomic E-state index is 0. The fraction of sp³-hybridized carbons (Fsp3) is 0.273. The van der Waals surface area contributed by atoms with Crippen LogP contribution in [0.3, 0.4) is 0 Å². The van der Waals surface area contributed by atoms with Crippen LogP contribution in [0.1, 0.15) is 10.4 Å². The SMILES string of the molecule is Cl.O=C(c1ccccc1-c1ncc(-c2ccccc2)o1)N1C[C@H]2CNC[C@H]2C1. The third-order valence-corrected chi connectivity index (χ3v) is 5.63. The summed E-state index contributed by atoms with van der Waals surface area (Å²) >= 11 is 0. The van der Waals surface area contributed by atoms with Gasteiger partial charge in [0, 0.05) is 37.3 Å². The van der Waals surface area contributed by atoms with Crippen LogP contribution in [-0.2, 0) is 0 Å². The van der Waals surface area contributed by atoms with Gasteiger partial charge in [0.05, 0.1) is 11.8 Å². The Morgan fingerprint density at radius 1 is 1.00 bits per heavy atom. The molecule has 0 radical (unpaired) electrons. The minimum Gasteiger partial charge on any atom is -0.436 e. The van der Waals surface area contributed by atoms with Crippen molar-refractivity contribution in [2.24, 2.45) is 11.8 Å². The quantitative estimate of drug-likeness (QED) is 0.734. The van der Waals surface area contributed by atoms with E-state index in [4.69, 9.17) is 4.42 Å². The second kappa shape index (κ2) is 7.78. The summed E-state index contributed by atoms with van der Waals surface area (Å²) in [4.78, 5) is 19.6. The molecular weight excluding hydrogens is 374 g/mol. The summed E-state index contributed by atoms with van der Waals surface area (Å²) in [6.45, 7) is 3.67. The topological polar surface area (TPSA) is 58.4 Å². The first kappa shape index (κ1) is 18.7. The molecule has 3 aromatic rings. The number of carbonyl (C=O) groups excluding carboxylic acids is 1. The van der Waals surface area contributed by atoms with Crippen LogP contribution in [0.15, 0.2) is 65.2 Å². The highest BCUT2D eigenvalue weighted by Crippen LogP contribution is 2.31. The lowest BCUT2D eigenvalue weighted by Gasteiger charge is -2.18. The number of hydrogen-bond acceptors (Lipinski definition) is 4. The van der Waals surface area contributed by atoms with Crippen molar-refractivity contribution in [2.45, 2.75) is 0 Å². The second-order valence-electron chi connectivity index (χ2n) is 7.33. The number of fused-ring (bicyclic) bond motifs is 1. The number of halogens is 1. The van der Waals surface area contributed by atoms with E-state index in [1.54, 1.807) is 6.20 Å². The Hall–Kier alpha value is -2.63. The van der Waals surface area contributed by atoms with Crippen molar-refractivity contribution in [3.8, 4) is 22.8 Å². The zero-order valence-corrected chi connectivity index (χ0v) is 16.2. The molecule has 0 bridgehead atoms. The average molecular weight is 396 g/mol. The third kappa shape index (κ3) is 3.32. The number of nitrogens with zero attached hydrogens (tertiary/aromatic N) is 2. The van der Waals surface area contributed by atoms with Crippen molar-refractivity contribution >= 4 is 18.3 Å². The molecule has 0 saturated carbocycles. The van der Waals surface area contributed by atoms with Crippen molar-refractivity contribution in [1.82, 2.24) is 15.2 Å². The van der Waals surface area contributed by atoms with Gasteiger partial charge in [-0.1, -0.05) is 42.5 Å². The Balaban J connectivity index is 0.00000192. The maximum Gasteiger partial charge on any atom is 0.254 e. The Morgan fingerprint density at radius 3 is 2.43 bits per heavy atom. The van der Waals surface area contributed by atoms with Crippen LogP contribution < -0.4 is 5.32 Å². The van der Waals surface area contributed by atoms with E-state index in [0.29, 0.717) is 29.1 Å². The van der Waals surface area contributed by atoms with Crippen molar-refractivity contribution < 1.29 is 9.21 Å². The smallest absolute Gasteiger partial charge is 0.254 e. The number of nitrogens with one attached hydrogen (secondary N) is 1. The highest BCUT2D eigenvalue weighted by molar-refractivity contribution is 6.00. The summed E-state index contributed by atoms with van der Waals surface area (Å²) in [5, 5.41) is 3.42. The van der Waals surface area contributed by atoms with E-state index in [1.165, 1.54) is 0 Å². The van der Waals surface area contributed by atoms with E-state index in [0.717, 1.165) is 37.3 Å². The molecule has 5 rings (SSSR count). The monoisotopic (exact) mass is 395 g/mol. The van der Waals surface area contributed by atoms with E-state index < -0.39 is 0 Å². The molecule has 5 nitrogen and oxygen atoms in total. The van der Waals surface area contributed by atoms with Crippen LogP contribution >= 0.6 is 12.4 Å². The fourth-order valence-corrected chi connectivity index (χ4v) is 4.18. The maximum absolute atomic E-state index is 13.2. The van der Waals surface area contributed by atoms with Gasteiger partial charge in [0.1, 0.15) is 0 Å². The highest BCUT2D eigenvalue weighted by atomic mass is 35.5. The summed E-state index contributed by atoms with van der Waals surface area (Å²) in [5.41, 5.74) is 2.38. The average Bonchev–Trinajstić information content (AvgIpc) is 3.44. The Bertz CT molecular complexity index is 961. The molecule has 1 aromatic heterocycles. The predicted octanol–water partition coefficient (Wildman–Crippen LogP) is 3.72. The fourth-order valence-electron chi connectivity index (χ4n) is 4.18. The van der Waals surface area contributed by atoms with Gasteiger partial charge in [0.15, 0.2) is 5.76 Å². The maximum atomic E-state index is 13.2. The summed E-state index contributed by atoms with van der Waals surface area (Å²) in [5.74, 6) is 2.41. The lowest BCUT2D eigenvalue weighted by molar-refractivity contribution is 0.0782. The van der Waals surface area contributed by atoms with Crippen LogP contribution in [0, 0.1) is 11.8 Å². The first-order valence-corrected chi connectivity index (χ1v) is 9.40. The van der Waals surface area contributed by atoms with Gasteiger partial charge in [0.25, 0.3) is 5.91 Å². The summed E-state index contributed by atoms with van der Waals surface area (Å²) < 4.78 is 5.99. The molecule has 2 aromatic carbocycles. The standard InChI is InChI=1S/C22H21N3O2.ClH/c26-22(25-13-16-10-23-11-17(16)14-25)19-9-5-4-8-18(19)21-24-12-20(27-21)15-6-2-1-3-7-15;/h1-9,12,16-17,23H,10-11,13-14H2;1H/t16-,17+;. The predicted molar refractivity (Wildman–Crippen MR) is 110 cm³/mol. The number of aromatic nitrogens is 1. The van der Waals surface area contributed by atoms with Crippen LogP contribution in [0.2, 0.25) is 0 Å².